The predicted octanol–water partition coefficient (Wildman–Crippen LogP) is 2.13. The van der Waals surface area contributed by atoms with E-state index < -0.39 is 16.0 Å². The number of Topliss-reactive ketones (excluding diaryl/α,β-unsaturated/α-hetero) is 1. The molecule has 0 saturated carbocycles. The van der Waals surface area contributed by atoms with Gasteiger partial charge in [-0.2, -0.15) is 0 Å². The van der Waals surface area contributed by atoms with Crippen molar-refractivity contribution in [2.75, 3.05) is 26.0 Å². The number of sulfonamides is 1. The highest BCUT2D eigenvalue weighted by Gasteiger charge is 2.15. The Morgan fingerprint density at radius 2 is 1.90 bits per heavy atom. The van der Waals surface area contributed by atoms with Gasteiger partial charge in [0.05, 0.1) is 11.1 Å². The van der Waals surface area contributed by atoms with Gasteiger partial charge in [-0.25, -0.2) is 17.9 Å². The topological polar surface area (TPSA) is 98.8 Å². The number of ether oxygens (including phenoxy) is 2. The minimum atomic E-state index is -3.23. The van der Waals surface area contributed by atoms with E-state index in [0.29, 0.717) is 17.0 Å². The molecule has 1 aliphatic rings. The molecule has 0 unspecified atom stereocenters. The molecular weight excluding hydrogens is 414 g/mol. The van der Waals surface area contributed by atoms with Crippen molar-refractivity contribution in [1.29, 1.82) is 0 Å². The first-order valence-corrected chi connectivity index (χ1v) is 12.0. The number of thiophene rings is 1. The van der Waals surface area contributed by atoms with Gasteiger partial charge in [0.1, 0.15) is 5.75 Å². The molecule has 29 heavy (non-hydrogen) atoms. The molecule has 1 aromatic heterocycles. The molecule has 0 amide bonds. The highest BCUT2D eigenvalue weighted by atomic mass is 32.2. The van der Waals surface area contributed by atoms with E-state index >= 15 is 0 Å². The van der Waals surface area contributed by atoms with Gasteiger partial charge in [0.25, 0.3) is 0 Å². The van der Waals surface area contributed by atoms with Crippen LogP contribution in [0.2, 0.25) is 0 Å². The standard InChI is InChI=1S/C20H23NO6S2/c1-29(24,25)21-10-9-17-7-8-19(28-17)18(22)12-27-20(23)13-26-16-6-5-14-3-2-4-15(14)11-16/h5-8,11,21H,2-4,9-10,12-13H2,1H3. The average molecular weight is 438 g/mol. The molecule has 9 heteroatoms. The zero-order chi connectivity index (χ0) is 20.9. The van der Waals surface area contributed by atoms with E-state index in [9.17, 15) is 18.0 Å². The predicted molar refractivity (Wildman–Crippen MR) is 110 cm³/mol. The first-order valence-electron chi connectivity index (χ1n) is 9.27. The summed E-state index contributed by atoms with van der Waals surface area (Å²) < 4.78 is 35.0. The van der Waals surface area contributed by atoms with Gasteiger partial charge in [0, 0.05) is 11.4 Å². The first kappa shape index (κ1) is 21.5. The van der Waals surface area contributed by atoms with Crippen LogP contribution in [0.3, 0.4) is 0 Å². The lowest BCUT2D eigenvalue weighted by molar-refractivity contribution is -0.144. The number of carbonyl (C=O) groups is 2. The Morgan fingerprint density at radius 1 is 1.10 bits per heavy atom. The smallest absolute Gasteiger partial charge is 0.344 e. The highest BCUT2D eigenvalue weighted by molar-refractivity contribution is 7.88. The van der Waals surface area contributed by atoms with Crippen LogP contribution >= 0.6 is 11.3 Å². The maximum absolute atomic E-state index is 12.2. The molecule has 0 saturated heterocycles. The second kappa shape index (κ2) is 9.51. The molecule has 0 spiro atoms. The van der Waals surface area contributed by atoms with E-state index in [1.807, 2.05) is 18.2 Å². The molecule has 156 valence electrons. The van der Waals surface area contributed by atoms with Crippen LogP contribution in [-0.4, -0.2) is 46.2 Å². The summed E-state index contributed by atoms with van der Waals surface area (Å²) in [6.07, 6.45) is 4.83. The number of fused-ring (bicyclic) bond motifs is 1. The number of hydrogen-bond donors (Lipinski definition) is 1. The van der Waals surface area contributed by atoms with Crippen molar-refractivity contribution in [1.82, 2.24) is 4.72 Å². The number of nitrogens with one attached hydrogen (secondary N) is 1. The summed E-state index contributed by atoms with van der Waals surface area (Å²) in [5.41, 5.74) is 2.58. The van der Waals surface area contributed by atoms with Crippen LogP contribution in [0.15, 0.2) is 30.3 Å². The average Bonchev–Trinajstić information content (AvgIpc) is 3.32. The third kappa shape index (κ3) is 6.66. The summed E-state index contributed by atoms with van der Waals surface area (Å²) in [4.78, 5) is 25.4. The Labute approximate surface area is 174 Å². The Bertz CT molecular complexity index is 996. The molecule has 1 aromatic carbocycles. The maximum Gasteiger partial charge on any atom is 0.344 e. The van der Waals surface area contributed by atoms with Gasteiger partial charge in [-0.3, -0.25) is 4.79 Å². The second-order valence-corrected chi connectivity index (χ2v) is 9.84. The van der Waals surface area contributed by atoms with Gasteiger partial charge < -0.3 is 9.47 Å². The van der Waals surface area contributed by atoms with E-state index in [-0.39, 0.29) is 25.5 Å². The van der Waals surface area contributed by atoms with E-state index in [1.165, 1.54) is 22.5 Å². The third-order valence-corrected chi connectivity index (χ3v) is 6.38. The fraction of sp³-hybridized carbons (Fsp3) is 0.400. The summed E-state index contributed by atoms with van der Waals surface area (Å²) in [5.74, 6) is -0.282. The molecule has 0 bridgehead atoms. The third-order valence-electron chi connectivity index (χ3n) is 4.46. The summed E-state index contributed by atoms with van der Waals surface area (Å²) in [7, 11) is -3.23. The number of rotatable bonds is 10. The summed E-state index contributed by atoms with van der Waals surface area (Å²) in [5, 5.41) is 0. The van der Waals surface area contributed by atoms with E-state index in [2.05, 4.69) is 4.72 Å². The molecule has 2 aromatic rings. The zero-order valence-corrected chi connectivity index (χ0v) is 17.7. The van der Waals surface area contributed by atoms with Crippen LogP contribution in [0, 0.1) is 0 Å². The molecule has 3 rings (SSSR count). The second-order valence-electron chi connectivity index (χ2n) is 6.84. The Morgan fingerprint density at radius 3 is 2.69 bits per heavy atom. The summed E-state index contributed by atoms with van der Waals surface area (Å²) >= 11 is 1.26. The SMILES string of the molecule is CS(=O)(=O)NCCc1ccc(C(=O)COC(=O)COc2ccc3c(c2)CCC3)s1. The number of ketones is 1. The van der Waals surface area contributed by atoms with Crippen molar-refractivity contribution in [3.8, 4) is 5.75 Å². The lowest BCUT2D eigenvalue weighted by atomic mass is 10.1. The largest absolute Gasteiger partial charge is 0.482 e. The van der Waals surface area contributed by atoms with E-state index in [4.69, 9.17) is 9.47 Å². The fourth-order valence-corrected chi connectivity index (χ4v) is 4.47. The quantitative estimate of drug-likeness (QED) is 0.452. The Balaban J connectivity index is 1.40. The minimum Gasteiger partial charge on any atom is -0.482 e. The van der Waals surface area contributed by atoms with E-state index in [0.717, 1.165) is 30.4 Å². The Hall–Kier alpha value is -2.23. The molecule has 0 aliphatic heterocycles. The number of hydrogen-bond acceptors (Lipinski definition) is 7. The summed E-state index contributed by atoms with van der Waals surface area (Å²) in [6.45, 7) is -0.338. The van der Waals surface area contributed by atoms with Crippen LogP contribution in [-0.2, 0) is 38.8 Å². The maximum atomic E-state index is 12.2. The highest BCUT2D eigenvalue weighted by Crippen LogP contribution is 2.26. The first-order chi connectivity index (χ1) is 13.8. The van der Waals surface area contributed by atoms with Crippen molar-refractivity contribution in [2.24, 2.45) is 0 Å². The van der Waals surface area contributed by atoms with Crippen molar-refractivity contribution in [3.63, 3.8) is 0 Å². The van der Waals surface area contributed by atoms with Gasteiger partial charge in [-0.1, -0.05) is 6.07 Å². The number of carbonyl (C=O) groups excluding carboxylic acids is 2. The number of benzene rings is 1. The molecule has 0 radical (unpaired) electrons. The molecule has 1 N–H and O–H groups in total. The fourth-order valence-electron chi connectivity index (χ4n) is 3.06. The van der Waals surface area contributed by atoms with Gasteiger partial charge >= 0.3 is 5.97 Å². The van der Waals surface area contributed by atoms with Crippen LogP contribution < -0.4 is 9.46 Å². The van der Waals surface area contributed by atoms with Crippen LogP contribution in [0.25, 0.3) is 0 Å². The van der Waals surface area contributed by atoms with Crippen molar-refractivity contribution in [3.05, 3.63) is 51.2 Å². The molecule has 0 fully saturated rings. The van der Waals surface area contributed by atoms with Gasteiger partial charge in [-0.15, -0.1) is 11.3 Å². The van der Waals surface area contributed by atoms with Crippen LogP contribution in [0.4, 0.5) is 0 Å². The number of esters is 1. The minimum absolute atomic E-state index is 0.251. The van der Waals surface area contributed by atoms with E-state index in [1.54, 1.807) is 12.1 Å². The van der Waals surface area contributed by atoms with Gasteiger partial charge in [0.15, 0.2) is 13.2 Å². The Kier molecular flexibility index (Phi) is 7.05. The van der Waals surface area contributed by atoms with Crippen molar-refractivity contribution >= 4 is 33.1 Å². The molecular formula is C20H23NO6S2. The van der Waals surface area contributed by atoms with Gasteiger partial charge in [0.2, 0.25) is 15.8 Å². The van der Waals surface area contributed by atoms with Gasteiger partial charge in [-0.05, 0) is 61.1 Å². The number of aryl methyl sites for hydroxylation is 2. The monoisotopic (exact) mass is 437 g/mol. The molecule has 1 aliphatic carbocycles. The zero-order valence-electron chi connectivity index (χ0n) is 16.1. The molecule has 0 atom stereocenters. The molecule has 7 nitrogen and oxygen atoms in total. The van der Waals surface area contributed by atoms with Crippen LogP contribution in [0.1, 0.15) is 32.1 Å². The summed E-state index contributed by atoms with van der Waals surface area (Å²) in [6, 6.07) is 9.23. The van der Waals surface area contributed by atoms with Crippen molar-refractivity contribution < 1.29 is 27.5 Å². The van der Waals surface area contributed by atoms with Crippen molar-refractivity contribution in [2.45, 2.75) is 25.7 Å². The lowest BCUT2D eigenvalue weighted by Gasteiger charge is -2.08. The lowest BCUT2D eigenvalue weighted by Crippen LogP contribution is -2.24. The normalized spacial score (nSPS) is 13.1. The van der Waals surface area contributed by atoms with Crippen LogP contribution in [0.5, 0.6) is 5.75 Å². The molecule has 1 heterocycles.